The van der Waals surface area contributed by atoms with Gasteiger partial charge in [-0.25, -0.2) is 0 Å². The molecular formula is C15H24S. The van der Waals surface area contributed by atoms with Crippen molar-refractivity contribution in [2.24, 2.45) is 0 Å². The maximum absolute atomic E-state index is 2.30. The molecule has 0 nitrogen and oxygen atoms in total. The average molecular weight is 236 g/mol. The fourth-order valence-electron chi connectivity index (χ4n) is 1.89. The monoisotopic (exact) mass is 236 g/mol. The lowest BCUT2D eigenvalue weighted by atomic mass is 9.94. The molecule has 0 radical (unpaired) electrons. The summed E-state index contributed by atoms with van der Waals surface area (Å²) in [6, 6.07) is 9.18. The van der Waals surface area contributed by atoms with Crippen molar-refractivity contribution < 1.29 is 0 Å². The third-order valence-corrected chi connectivity index (χ3v) is 4.54. The van der Waals surface area contributed by atoms with Crippen molar-refractivity contribution in [2.75, 3.05) is 5.75 Å². The van der Waals surface area contributed by atoms with E-state index in [0.29, 0.717) is 5.92 Å². The van der Waals surface area contributed by atoms with Gasteiger partial charge in [0.2, 0.25) is 0 Å². The fraction of sp³-hybridized carbons (Fsp3) is 0.600. The first-order chi connectivity index (χ1) is 7.51. The molecule has 0 fully saturated rings. The van der Waals surface area contributed by atoms with Gasteiger partial charge < -0.3 is 0 Å². The van der Waals surface area contributed by atoms with Crippen molar-refractivity contribution in [1.29, 1.82) is 0 Å². The van der Waals surface area contributed by atoms with E-state index in [1.54, 1.807) is 0 Å². The first-order valence-corrected chi connectivity index (χ1v) is 7.24. The summed E-state index contributed by atoms with van der Waals surface area (Å²) in [4.78, 5) is 0. The molecule has 1 rings (SSSR count). The zero-order valence-electron chi connectivity index (χ0n) is 11.2. The smallest absolute Gasteiger partial charge is 0.0352 e. The largest absolute Gasteiger partial charge is 0.151 e. The van der Waals surface area contributed by atoms with E-state index in [1.165, 1.54) is 23.3 Å². The molecule has 0 bridgehead atoms. The van der Waals surface area contributed by atoms with E-state index in [9.17, 15) is 0 Å². The SMILES string of the molecule is CCSC(C)(C)c1ccc(C(C)CC)cc1. The van der Waals surface area contributed by atoms with E-state index >= 15 is 0 Å². The van der Waals surface area contributed by atoms with Crippen molar-refractivity contribution in [3.05, 3.63) is 35.4 Å². The molecule has 0 saturated heterocycles. The van der Waals surface area contributed by atoms with Crippen LogP contribution in [0.25, 0.3) is 0 Å². The molecule has 1 unspecified atom stereocenters. The predicted octanol–water partition coefficient (Wildman–Crippen LogP) is 5.19. The molecule has 1 aromatic carbocycles. The molecule has 0 amide bonds. The van der Waals surface area contributed by atoms with Crippen molar-refractivity contribution in [2.45, 2.75) is 51.7 Å². The highest BCUT2D eigenvalue weighted by Crippen LogP contribution is 2.35. The fourth-order valence-corrected chi connectivity index (χ4v) is 2.92. The second-order valence-corrected chi connectivity index (χ2v) is 6.76. The quantitative estimate of drug-likeness (QED) is 0.678. The van der Waals surface area contributed by atoms with Gasteiger partial charge in [0.25, 0.3) is 0 Å². The van der Waals surface area contributed by atoms with Crippen LogP contribution < -0.4 is 0 Å². The summed E-state index contributed by atoms with van der Waals surface area (Å²) < 4.78 is 0.239. The van der Waals surface area contributed by atoms with Gasteiger partial charge in [0.15, 0.2) is 0 Å². The summed E-state index contributed by atoms with van der Waals surface area (Å²) in [6.45, 7) is 11.4. The second kappa shape index (κ2) is 5.77. The van der Waals surface area contributed by atoms with Crippen LogP contribution in [0.3, 0.4) is 0 Å². The van der Waals surface area contributed by atoms with Crippen LogP contribution in [0.1, 0.15) is 58.1 Å². The van der Waals surface area contributed by atoms with Crippen LogP contribution in [0.15, 0.2) is 24.3 Å². The molecule has 0 aromatic heterocycles. The first-order valence-electron chi connectivity index (χ1n) is 6.25. The van der Waals surface area contributed by atoms with Crippen LogP contribution in [-0.4, -0.2) is 5.75 Å². The van der Waals surface area contributed by atoms with Gasteiger partial charge >= 0.3 is 0 Å². The lowest BCUT2D eigenvalue weighted by Crippen LogP contribution is -2.12. The van der Waals surface area contributed by atoms with Crippen LogP contribution in [0.4, 0.5) is 0 Å². The van der Waals surface area contributed by atoms with Crippen LogP contribution in [0.5, 0.6) is 0 Å². The molecule has 0 aliphatic heterocycles. The number of hydrogen-bond donors (Lipinski definition) is 0. The summed E-state index contributed by atoms with van der Waals surface area (Å²) in [6.07, 6.45) is 1.21. The minimum absolute atomic E-state index is 0.239. The maximum Gasteiger partial charge on any atom is 0.0352 e. The van der Waals surface area contributed by atoms with Gasteiger partial charge in [-0.05, 0) is 43.1 Å². The topological polar surface area (TPSA) is 0 Å². The van der Waals surface area contributed by atoms with Crippen LogP contribution in [0.2, 0.25) is 0 Å². The zero-order valence-corrected chi connectivity index (χ0v) is 12.0. The molecular weight excluding hydrogens is 212 g/mol. The van der Waals surface area contributed by atoms with Gasteiger partial charge in [-0.2, -0.15) is 11.8 Å². The van der Waals surface area contributed by atoms with Gasteiger partial charge in [-0.3, -0.25) is 0 Å². The van der Waals surface area contributed by atoms with Gasteiger partial charge in [-0.1, -0.05) is 45.0 Å². The molecule has 16 heavy (non-hydrogen) atoms. The Bertz CT molecular complexity index is 311. The standard InChI is InChI=1S/C15H24S/c1-6-12(3)13-8-10-14(11-9-13)15(4,5)16-7-2/h8-12H,6-7H2,1-5H3. The number of benzene rings is 1. The van der Waals surface area contributed by atoms with Crippen molar-refractivity contribution >= 4 is 11.8 Å². The molecule has 90 valence electrons. The Morgan fingerprint density at radius 1 is 1.12 bits per heavy atom. The van der Waals surface area contributed by atoms with E-state index in [2.05, 4.69) is 58.9 Å². The van der Waals surface area contributed by atoms with Crippen LogP contribution in [-0.2, 0) is 4.75 Å². The van der Waals surface area contributed by atoms with Gasteiger partial charge in [-0.15, -0.1) is 0 Å². The first kappa shape index (κ1) is 13.6. The van der Waals surface area contributed by atoms with Crippen molar-refractivity contribution in [3.63, 3.8) is 0 Å². The average Bonchev–Trinajstić information content (AvgIpc) is 2.28. The molecule has 0 aliphatic rings. The van der Waals surface area contributed by atoms with E-state index in [0.717, 1.165) is 0 Å². The lowest BCUT2D eigenvalue weighted by molar-refractivity contribution is 0.729. The normalized spacial score (nSPS) is 13.8. The molecule has 0 spiro atoms. The van der Waals surface area contributed by atoms with E-state index in [-0.39, 0.29) is 4.75 Å². The Morgan fingerprint density at radius 3 is 2.12 bits per heavy atom. The molecule has 1 heteroatoms. The molecule has 0 aliphatic carbocycles. The lowest BCUT2D eigenvalue weighted by Gasteiger charge is -2.24. The Balaban J connectivity index is 2.86. The molecule has 1 atom stereocenters. The number of rotatable bonds is 5. The Labute approximate surface area is 105 Å². The Kier molecular flexibility index (Phi) is 4.91. The van der Waals surface area contributed by atoms with Gasteiger partial charge in [0, 0.05) is 4.75 Å². The third-order valence-electron chi connectivity index (χ3n) is 3.29. The highest BCUT2D eigenvalue weighted by Gasteiger charge is 2.19. The number of hydrogen-bond acceptors (Lipinski definition) is 1. The van der Waals surface area contributed by atoms with Crippen LogP contribution in [0, 0.1) is 0 Å². The van der Waals surface area contributed by atoms with E-state index < -0.39 is 0 Å². The Morgan fingerprint density at radius 2 is 1.69 bits per heavy atom. The predicted molar refractivity (Wildman–Crippen MR) is 76.3 cm³/mol. The van der Waals surface area contributed by atoms with E-state index in [1.807, 2.05) is 11.8 Å². The second-order valence-electron chi connectivity index (χ2n) is 4.87. The maximum atomic E-state index is 2.30. The summed E-state index contributed by atoms with van der Waals surface area (Å²) in [5.74, 6) is 1.84. The van der Waals surface area contributed by atoms with Crippen molar-refractivity contribution in [3.8, 4) is 0 Å². The molecule has 0 N–H and O–H groups in total. The summed E-state index contributed by atoms with van der Waals surface area (Å²) in [5, 5.41) is 0. The van der Waals surface area contributed by atoms with Gasteiger partial charge in [0.05, 0.1) is 0 Å². The molecule has 1 aromatic rings. The summed E-state index contributed by atoms with van der Waals surface area (Å²) in [7, 11) is 0. The highest BCUT2D eigenvalue weighted by molar-refractivity contribution is 8.00. The zero-order chi connectivity index (χ0) is 12.2. The van der Waals surface area contributed by atoms with Gasteiger partial charge in [0.1, 0.15) is 0 Å². The Hall–Kier alpha value is -0.430. The van der Waals surface area contributed by atoms with E-state index in [4.69, 9.17) is 0 Å². The molecule has 0 heterocycles. The number of thioether (sulfide) groups is 1. The third kappa shape index (κ3) is 3.28. The molecule has 0 saturated carbocycles. The highest BCUT2D eigenvalue weighted by atomic mass is 32.2. The van der Waals surface area contributed by atoms with Crippen molar-refractivity contribution in [1.82, 2.24) is 0 Å². The minimum atomic E-state index is 0.239. The van der Waals surface area contributed by atoms with Crippen LogP contribution >= 0.6 is 11.8 Å². The summed E-state index contributed by atoms with van der Waals surface area (Å²) in [5.41, 5.74) is 2.90. The minimum Gasteiger partial charge on any atom is -0.151 e. The summed E-state index contributed by atoms with van der Waals surface area (Å²) >= 11 is 2.01.